The zero-order valence-corrected chi connectivity index (χ0v) is 14.6. The normalized spacial score (nSPS) is 13.7. The first kappa shape index (κ1) is 17.4. The average Bonchev–Trinajstić information content (AvgIpc) is 3.02. The van der Waals surface area contributed by atoms with Gasteiger partial charge in [0.25, 0.3) is 5.91 Å². The summed E-state index contributed by atoms with van der Waals surface area (Å²) < 4.78 is 5.17. The lowest BCUT2D eigenvalue weighted by atomic mass is 9.96. The van der Waals surface area contributed by atoms with Gasteiger partial charge in [-0.05, 0) is 30.5 Å². The lowest BCUT2D eigenvalue weighted by molar-refractivity contribution is 0.0929. The minimum absolute atomic E-state index is 0.106. The highest BCUT2D eigenvalue weighted by Crippen LogP contribution is 2.26. The van der Waals surface area contributed by atoms with Crippen molar-refractivity contribution in [3.63, 3.8) is 0 Å². The number of carbonyl (C=O) groups is 1. The van der Waals surface area contributed by atoms with Crippen LogP contribution in [-0.4, -0.2) is 23.1 Å². The second-order valence-corrected chi connectivity index (χ2v) is 6.77. The van der Waals surface area contributed by atoms with Crippen molar-refractivity contribution < 1.29 is 14.6 Å². The number of ether oxygens (including phenoxy) is 1. The molecule has 1 aromatic carbocycles. The summed E-state index contributed by atoms with van der Waals surface area (Å²) in [5.41, 5.74) is 1.02. The Morgan fingerprint density at radius 3 is 2.39 bits per heavy atom. The molecule has 2 atom stereocenters. The molecule has 124 valence electrons. The molecule has 2 unspecified atom stereocenters. The first-order valence-electron chi connectivity index (χ1n) is 7.51. The molecule has 6 heteroatoms. The molecule has 0 aliphatic heterocycles. The van der Waals surface area contributed by atoms with Crippen molar-refractivity contribution in [3.8, 4) is 5.75 Å². The number of aliphatic hydroxyl groups is 1. The van der Waals surface area contributed by atoms with E-state index in [1.54, 1.807) is 14.0 Å². The number of aliphatic hydroxyl groups excluding tert-OH is 1. The first-order valence-corrected chi connectivity index (χ1v) is 8.32. The van der Waals surface area contributed by atoms with Crippen LogP contribution in [0.25, 0.3) is 0 Å². The number of thiazole rings is 1. The molecule has 1 heterocycles. The van der Waals surface area contributed by atoms with E-state index in [9.17, 15) is 9.90 Å². The van der Waals surface area contributed by atoms with Crippen LogP contribution >= 0.6 is 11.3 Å². The van der Waals surface area contributed by atoms with Crippen LogP contribution in [0.2, 0.25) is 0 Å². The molecule has 0 bridgehead atoms. The summed E-state index contributed by atoms with van der Waals surface area (Å²) in [6.07, 6.45) is 0.844. The van der Waals surface area contributed by atoms with Gasteiger partial charge in [0.2, 0.25) is 0 Å². The van der Waals surface area contributed by atoms with Gasteiger partial charge in [0.05, 0.1) is 19.3 Å². The molecule has 0 saturated carbocycles. The number of nitrogens with one attached hydrogen (secondary N) is 1. The third-order valence-electron chi connectivity index (χ3n) is 3.53. The number of aromatic nitrogens is 1. The Balaban J connectivity index is 2.16. The van der Waals surface area contributed by atoms with Crippen molar-refractivity contribution in [1.29, 1.82) is 0 Å². The molecular weight excluding hydrogens is 312 g/mol. The summed E-state index contributed by atoms with van der Waals surface area (Å²) in [7, 11) is 1.63. The average molecular weight is 334 g/mol. The number of nitrogens with zero attached hydrogens (tertiary/aromatic N) is 1. The van der Waals surface area contributed by atoms with E-state index in [-0.39, 0.29) is 17.9 Å². The SMILES string of the molecule is COc1ccc(C(NC(=O)c2cnc(C(C)O)s2)C(C)C)cc1. The maximum atomic E-state index is 12.4. The van der Waals surface area contributed by atoms with Crippen LogP contribution in [0.15, 0.2) is 30.5 Å². The number of hydrogen-bond donors (Lipinski definition) is 2. The summed E-state index contributed by atoms with van der Waals surface area (Å²) in [4.78, 5) is 17.0. The van der Waals surface area contributed by atoms with Crippen molar-refractivity contribution in [2.24, 2.45) is 5.92 Å². The molecular formula is C17H22N2O3S. The Labute approximate surface area is 140 Å². The highest BCUT2D eigenvalue weighted by molar-refractivity contribution is 7.13. The Morgan fingerprint density at radius 1 is 1.26 bits per heavy atom. The van der Waals surface area contributed by atoms with Gasteiger partial charge in [-0.1, -0.05) is 26.0 Å². The number of hydrogen-bond acceptors (Lipinski definition) is 5. The van der Waals surface area contributed by atoms with Crippen LogP contribution in [0.4, 0.5) is 0 Å². The monoisotopic (exact) mass is 334 g/mol. The van der Waals surface area contributed by atoms with Crippen LogP contribution in [0, 0.1) is 5.92 Å². The summed E-state index contributed by atoms with van der Waals surface area (Å²) in [6, 6.07) is 7.57. The zero-order chi connectivity index (χ0) is 17.0. The molecule has 0 fully saturated rings. The number of amides is 1. The molecule has 1 amide bonds. The molecule has 0 radical (unpaired) electrons. The van der Waals surface area contributed by atoms with Crippen LogP contribution in [-0.2, 0) is 0 Å². The van der Waals surface area contributed by atoms with Gasteiger partial charge in [0, 0.05) is 0 Å². The Hall–Kier alpha value is -1.92. The fourth-order valence-corrected chi connectivity index (χ4v) is 3.00. The molecule has 23 heavy (non-hydrogen) atoms. The summed E-state index contributed by atoms with van der Waals surface area (Å²) >= 11 is 1.21. The third-order valence-corrected chi connectivity index (χ3v) is 4.70. The summed E-state index contributed by atoms with van der Waals surface area (Å²) in [5.74, 6) is 0.840. The van der Waals surface area contributed by atoms with Gasteiger partial charge < -0.3 is 15.2 Å². The van der Waals surface area contributed by atoms with Crippen LogP contribution < -0.4 is 10.1 Å². The minimum Gasteiger partial charge on any atom is -0.497 e. The standard InChI is InChI=1S/C17H22N2O3S/c1-10(2)15(12-5-7-13(22-4)8-6-12)19-16(21)14-9-18-17(23-14)11(3)20/h5-11,15,20H,1-4H3,(H,19,21). The van der Waals surface area contributed by atoms with E-state index in [1.807, 2.05) is 24.3 Å². The van der Waals surface area contributed by atoms with Crippen molar-refractivity contribution in [2.75, 3.05) is 7.11 Å². The molecule has 0 aliphatic carbocycles. The van der Waals surface area contributed by atoms with E-state index in [4.69, 9.17) is 4.74 Å². The maximum absolute atomic E-state index is 12.4. The van der Waals surface area contributed by atoms with Crippen LogP contribution in [0.3, 0.4) is 0 Å². The van der Waals surface area contributed by atoms with Gasteiger partial charge in [-0.3, -0.25) is 4.79 Å². The molecule has 0 aliphatic rings. The second-order valence-electron chi connectivity index (χ2n) is 5.71. The zero-order valence-electron chi connectivity index (χ0n) is 13.7. The van der Waals surface area contributed by atoms with Crippen molar-refractivity contribution in [2.45, 2.75) is 32.9 Å². The van der Waals surface area contributed by atoms with Crippen LogP contribution in [0.5, 0.6) is 5.75 Å². The molecule has 5 nitrogen and oxygen atoms in total. The van der Waals surface area contributed by atoms with Gasteiger partial charge in [-0.25, -0.2) is 4.98 Å². The molecule has 2 rings (SSSR count). The number of benzene rings is 1. The van der Waals surface area contributed by atoms with Gasteiger partial charge in [-0.15, -0.1) is 11.3 Å². The number of rotatable bonds is 6. The Bertz CT molecular complexity index is 650. The minimum atomic E-state index is -0.663. The van der Waals surface area contributed by atoms with Gasteiger partial charge in [0.1, 0.15) is 21.7 Å². The van der Waals surface area contributed by atoms with Gasteiger partial charge in [0.15, 0.2) is 0 Å². The second kappa shape index (κ2) is 7.57. The fraction of sp³-hybridized carbons (Fsp3) is 0.412. The summed E-state index contributed by atoms with van der Waals surface area (Å²) in [6.45, 7) is 5.75. The summed E-state index contributed by atoms with van der Waals surface area (Å²) in [5, 5.41) is 13.1. The third kappa shape index (κ3) is 4.30. The lowest BCUT2D eigenvalue weighted by Crippen LogP contribution is -2.31. The van der Waals surface area contributed by atoms with E-state index in [1.165, 1.54) is 17.5 Å². The lowest BCUT2D eigenvalue weighted by Gasteiger charge is -2.22. The largest absolute Gasteiger partial charge is 0.497 e. The van der Waals surface area contributed by atoms with Gasteiger partial charge in [-0.2, -0.15) is 0 Å². The fourth-order valence-electron chi connectivity index (χ4n) is 2.24. The predicted octanol–water partition coefficient (Wildman–Crippen LogP) is 3.33. The van der Waals surface area contributed by atoms with Crippen molar-refractivity contribution >= 4 is 17.2 Å². The van der Waals surface area contributed by atoms with E-state index in [0.717, 1.165) is 11.3 Å². The predicted molar refractivity (Wildman–Crippen MR) is 90.8 cm³/mol. The van der Waals surface area contributed by atoms with E-state index < -0.39 is 6.10 Å². The Kier molecular flexibility index (Phi) is 5.74. The molecule has 2 aromatic rings. The smallest absolute Gasteiger partial charge is 0.263 e. The van der Waals surface area contributed by atoms with E-state index in [0.29, 0.717) is 9.88 Å². The molecule has 1 aromatic heterocycles. The first-order chi connectivity index (χ1) is 10.9. The van der Waals surface area contributed by atoms with E-state index >= 15 is 0 Å². The van der Waals surface area contributed by atoms with Crippen molar-refractivity contribution in [3.05, 3.63) is 45.9 Å². The quantitative estimate of drug-likeness (QED) is 0.850. The maximum Gasteiger partial charge on any atom is 0.263 e. The Morgan fingerprint density at radius 2 is 1.91 bits per heavy atom. The highest BCUT2D eigenvalue weighted by Gasteiger charge is 2.21. The van der Waals surface area contributed by atoms with Gasteiger partial charge >= 0.3 is 0 Å². The highest BCUT2D eigenvalue weighted by atomic mass is 32.1. The van der Waals surface area contributed by atoms with Crippen molar-refractivity contribution in [1.82, 2.24) is 10.3 Å². The van der Waals surface area contributed by atoms with Crippen LogP contribution in [0.1, 0.15) is 53.2 Å². The topological polar surface area (TPSA) is 71.5 Å². The molecule has 0 saturated heterocycles. The van der Waals surface area contributed by atoms with E-state index in [2.05, 4.69) is 24.1 Å². The number of methoxy groups -OCH3 is 1. The number of carbonyl (C=O) groups excluding carboxylic acids is 1. The molecule has 2 N–H and O–H groups in total. The molecule has 0 spiro atoms.